The van der Waals surface area contributed by atoms with E-state index in [-0.39, 0.29) is 23.7 Å². The number of nitrogens with one attached hydrogen (secondary N) is 1. The predicted molar refractivity (Wildman–Crippen MR) is 88.6 cm³/mol. The number of carbonyl (C=O) groups is 2. The Kier molecular flexibility index (Phi) is 5.01. The molecule has 118 valence electrons. The number of hydrogen-bond donors (Lipinski definition) is 1. The van der Waals surface area contributed by atoms with E-state index >= 15 is 0 Å². The lowest BCUT2D eigenvalue weighted by Gasteiger charge is -2.29. The summed E-state index contributed by atoms with van der Waals surface area (Å²) >= 11 is 0. The van der Waals surface area contributed by atoms with Crippen LogP contribution in [0.2, 0.25) is 0 Å². The fraction of sp³-hybridized carbons (Fsp3) is 0.444. The van der Waals surface area contributed by atoms with Crippen molar-refractivity contribution in [3.05, 3.63) is 41.5 Å². The number of allylic oxidation sites excluding steroid dienone is 2. The van der Waals surface area contributed by atoms with Gasteiger partial charge >= 0.3 is 0 Å². The Balaban J connectivity index is 2.16. The molecule has 0 aromatic heterocycles. The molecule has 2 atom stereocenters. The minimum absolute atomic E-state index is 0.0186. The molecule has 1 aliphatic carbocycles. The first-order valence-electron chi connectivity index (χ1n) is 7.64. The van der Waals surface area contributed by atoms with Crippen LogP contribution in [0.5, 0.6) is 0 Å². The molecular weight excluding hydrogens is 276 g/mol. The molecule has 22 heavy (non-hydrogen) atoms. The second-order valence-electron chi connectivity index (χ2n) is 6.20. The van der Waals surface area contributed by atoms with Crippen molar-refractivity contribution in [1.82, 2.24) is 4.90 Å². The first kappa shape index (κ1) is 16.3. The molecule has 4 heteroatoms. The summed E-state index contributed by atoms with van der Waals surface area (Å²) < 4.78 is 0. The van der Waals surface area contributed by atoms with Crippen molar-refractivity contribution < 1.29 is 9.59 Å². The third kappa shape index (κ3) is 3.56. The number of carbonyl (C=O) groups excluding carboxylic acids is 2. The Bertz CT molecular complexity index is 605. The molecule has 2 rings (SSSR count). The smallest absolute Gasteiger partial charge is 0.228 e. The summed E-state index contributed by atoms with van der Waals surface area (Å²) in [6.07, 6.45) is 5.22. The van der Waals surface area contributed by atoms with Crippen LogP contribution in [0.4, 0.5) is 5.69 Å². The lowest BCUT2D eigenvalue weighted by molar-refractivity contribution is -0.138. The first-order valence-corrected chi connectivity index (χ1v) is 7.64. The molecule has 0 saturated carbocycles. The van der Waals surface area contributed by atoms with Crippen LogP contribution in [0.15, 0.2) is 30.4 Å². The summed E-state index contributed by atoms with van der Waals surface area (Å²) in [5, 5.41) is 2.99. The van der Waals surface area contributed by atoms with Gasteiger partial charge in [-0.15, -0.1) is 0 Å². The van der Waals surface area contributed by atoms with E-state index in [1.165, 1.54) is 0 Å². The van der Waals surface area contributed by atoms with Gasteiger partial charge in [-0.3, -0.25) is 9.59 Å². The molecule has 2 unspecified atom stereocenters. The van der Waals surface area contributed by atoms with Gasteiger partial charge < -0.3 is 10.2 Å². The highest BCUT2D eigenvalue weighted by Gasteiger charge is 2.34. The van der Waals surface area contributed by atoms with Gasteiger partial charge in [-0.2, -0.15) is 0 Å². The van der Waals surface area contributed by atoms with Crippen LogP contribution >= 0.6 is 0 Å². The van der Waals surface area contributed by atoms with E-state index in [9.17, 15) is 9.59 Å². The van der Waals surface area contributed by atoms with Gasteiger partial charge in [0.05, 0.1) is 11.8 Å². The first-order chi connectivity index (χ1) is 10.4. The molecule has 0 spiro atoms. The third-order valence-electron chi connectivity index (χ3n) is 4.17. The van der Waals surface area contributed by atoms with Crippen LogP contribution in [0.25, 0.3) is 0 Å². The van der Waals surface area contributed by atoms with E-state index in [1.807, 2.05) is 44.2 Å². The summed E-state index contributed by atoms with van der Waals surface area (Å²) in [7, 11) is 3.47. The number of anilines is 1. The van der Waals surface area contributed by atoms with E-state index in [2.05, 4.69) is 5.32 Å². The van der Waals surface area contributed by atoms with Gasteiger partial charge in [-0.05, 0) is 38.3 Å². The number of hydrogen-bond acceptors (Lipinski definition) is 2. The van der Waals surface area contributed by atoms with Crippen LogP contribution in [0.1, 0.15) is 24.0 Å². The molecule has 4 nitrogen and oxygen atoms in total. The van der Waals surface area contributed by atoms with E-state index in [0.717, 1.165) is 16.8 Å². The van der Waals surface area contributed by atoms with Crippen LogP contribution in [-0.2, 0) is 9.59 Å². The highest BCUT2D eigenvalue weighted by molar-refractivity contribution is 5.96. The van der Waals surface area contributed by atoms with Crippen molar-refractivity contribution in [3.8, 4) is 0 Å². The minimum Gasteiger partial charge on any atom is -0.349 e. The molecule has 1 aromatic rings. The van der Waals surface area contributed by atoms with Crippen molar-refractivity contribution in [2.45, 2.75) is 26.7 Å². The van der Waals surface area contributed by atoms with E-state index in [1.54, 1.807) is 19.0 Å². The Labute approximate surface area is 132 Å². The number of rotatable bonds is 3. The van der Waals surface area contributed by atoms with Crippen molar-refractivity contribution in [3.63, 3.8) is 0 Å². The lowest BCUT2D eigenvalue weighted by Crippen LogP contribution is -2.40. The fourth-order valence-electron chi connectivity index (χ4n) is 2.89. The average Bonchev–Trinajstić information content (AvgIpc) is 2.49. The SMILES string of the molecule is Cc1ccc(NC(=O)C2CC=CCC2C(=O)N(C)C)c(C)c1. The summed E-state index contributed by atoms with van der Waals surface area (Å²) in [6.45, 7) is 4.00. The van der Waals surface area contributed by atoms with Crippen molar-refractivity contribution in [2.75, 3.05) is 19.4 Å². The van der Waals surface area contributed by atoms with Gasteiger partial charge in [0.2, 0.25) is 11.8 Å². The van der Waals surface area contributed by atoms with E-state index in [0.29, 0.717) is 12.8 Å². The van der Waals surface area contributed by atoms with Gasteiger partial charge in [0, 0.05) is 19.8 Å². The van der Waals surface area contributed by atoms with Gasteiger partial charge in [0.1, 0.15) is 0 Å². The van der Waals surface area contributed by atoms with Crippen LogP contribution < -0.4 is 5.32 Å². The molecule has 0 fully saturated rings. The monoisotopic (exact) mass is 300 g/mol. The highest BCUT2D eigenvalue weighted by atomic mass is 16.2. The van der Waals surface area contributed by atoms with Crippen LogP contribution in [-0.4, -0.2) is 30.8 Å². The highest BCUT2D eigenvalue weighted by Crippen LogP contribution is 2.29. The zero-order valence-electron chi connectivity index (χ0n) is 13.7. The van der Waals surface area contributed by atoms with Gasteiger partial charge in [0.25, 0.3) is 0 Å². The number of benzene rings is 1. The molecule has 1 N–H and O–H groups in total. The Morgan fingerprint density at radius 1 is 1.09 bits per heavy atom. The molecule has 0 saturated heterocycles. The molecular formula is C18H24N2O2. The summed E-state index contributed by atoms with van der Waals surface area (Å²) in [4.78, 5) is 26.5. The second kappa shape index (κ2) is 6.77. The van der Waals surface area contributed by atoms with E-state index < -0.39 is 0 Å². The summed E-state index contributed by atoms with van der Waals surface area (Å²) in [5.74, 6) is -0.631. The van der Waals surface area contributed by atoms with E-state index in [4.69, 9.17) is 0 Å². The van der Waals surface area contributed by atoms with Gasteiger partial charge in [0.15, 0.2) is 0 Å². The topological polar surface area (TPSA) is 49.4 Å². The fourth-order valence-corrected chi connectivity index (χ4v) is 2.89. The largest absolute Gasteiger partial charge is 0.349 e. The van der Waals surface area contributed by atoms with Crippen molar-refractivity contribution >= 4 is 17.5 Å². The van der Waals surface area contributed by atoms with Crippen LogP contribution in [0, 0.1) is 25.7 Å². The Morgan fingerprint density at radius 2 is 1.73 bits per heavy atom. The third-order valence-corrected chi connectivity index (χ3v) is 4.17. The average molecular weight is 300 g/mol. The second-order valence-corrected chi connectivity index (χ2v) is 6.20. The number of amides is 2. The molecule has 0 aliphatic heterocycles. The van der Waals surface area contributed by atoms with Gasteiger partial charge in [-0.25, -0.2) is 0 Å². The standard InChI is InChI=1S/C18H24N2O2/c1-12-9-10-16(13(2)11-12)19-17(21)14-7-5-6-8-15(14)18(22)20(3)4/h5-6,9-11,14-15H,7-8H2,1-4H3,(H,19,21). The molecule has 1 aliphatic rings. The maximum absolute atomic E-state index is 12.6. The quantitative estimate of drug-likeness (QED) is 0.873. The Hall–Kier alpha value is -2.10. The zero-order chi connectivity index (χ0) is 16.3. The summed E-state index contributed by atoms with van der Waals surface area (Å²) in [6, 6.07) is 5.94. The summed E-state index contributed by atoms with van der Waals surface area (Å²) in [5.41, 5.74) is 3.02. The molecule has 1 aromatic carbocycles. The lowest BCUT2D eigenvalue weighted by atomic mass is 9.81. The van der Waals surface area contributed by atoms with Crippen LogP contribution in [0.3, 0.4) is 0 Å². The maximum Gasteiger partial charge on any atom is 0.228 e. The molecule has 0 heterocycles. The normalized spacial score (nSPS) is 20.5. The molecule has 0 bridgehead atoms. The molecule has 2 amide bonds. The van der Waals surface area contributed by atoms with Crippen molar-refractivity contribution in [2.24, 2.45) is 11.8 Å². The minimum atomic E-state index is -0.305. The van der Waals surface area contributed by atoms with Gasteiger partial charge in [-0.1, -0.05) is 29.8 Å². The maximum atomic E-state index is 12.6. The number of nitrogens with zero attached hydrogens (tertiary/aromatic N) is 1. The van der Waals surface area contributed by atoms with Crippen molar-refractivity contribution in [1.29, 1.82) is 0 Å². The Morgan fingerprint density at radius 3 is 2.32 bits per heavy atom. The molecule has 0 radical (unpaired) electrons. The number of aryl methyl sites for hydroxylation is 2. The zero-order valence-corrected chi connectivity index (χ0v) is 13.7. The predicted octanol–water partition coefficient (Wildman–Crippen LogP) is 2.91.